The zero-order valence-electron chi connectivity index (χ0n) is 7.58. The highest BCUT2D eigenvalue weighted by Gasteiger charge is 2.26. The number of rotatable bonds is 2. The van der Waals surface area contributed by atoms with Gasteiger partial charge in [-0.05, 0) is 49.0 Å². The van der Waals surface area contributed by atoms with Crippen molar-refractivity contribution in [1.29, 1.82) is 0 Å². The highest BCUT2D eigenvalue weighted by Crippen LogP contribution is 2.45. The van der Waals surface area contributed by atoms with Crippen LogP contribution in [0.3, 0.4) is 0 Å². The summed E-state index contributed by atoms with van der Waals surface area (Å²) in [7, 11) is 0. The molecule has 0 spiro atoms. The summed E-state index contributed by atoms with van der Waals surface area (Å²) in [4.78, 5) is 4.13. The molecule has 1 aromatic rings. The molecule has 0 bridgehead atoms. The Bertz CT molecular complexity index is 374. The Morgan fingerprint density at radius 2 is 2.23 bits per heavy atom. The number of nitrogens with zero attached hydrogens (tertiary/aromatic N) is 1. The molecule has 1 aliphatic rings. The topological polar surface area (TPSA) is 12.4 Å². The minimum absolute atomic E-state index is 0.724. The van der Waals surface area contributed by atoms with Crippen LogP contribution < -0.4 is 0 Å². The fourth-order valence-corrected chi connectivity index (χ4v) is 1.70. The highest BCUT2D eigenvalue weighted by molar-refractivity contribution is 7.78. The lowest BCUT2D eigenvalue weighted by molar-refractivity contribution is 1.12. The fraction of sp³-hybridized carbons (Fsp3) is 0.364. The van der Waals surface area contributed by atoms with Gasteiger partial charge in [-0.3, -0.25) is 0 Å². The standard InChI is InChI=1S/C11H11NS/c1-8-3-2-4-10(9-5-6-9)11(8)12-7-13/h2-4,9H,5-6H2,1H3. The minimum Gasteiger partial charge on any atom is -0.194 e. The summed E-state index contributed by atoms with van der Waals surface area (Å²) in [5.41, 5.74) is 3.58. The summed E-state index contributed by atoms with van der Waals surface area (Å²) in [6.45, 7) is 2.07. The average molecular weight is 189 g/mol. The minimum atomic E-state index is 0.724. The molecule has 1 saturated carbocycles. The number of benzene rings is 1. The van der Waals surface area contributed by atoms with Gasteiger partial charge in [-0.1, -0.05) is 18.2 Å². The maximum atomic E-state index is 4.64. The summed E-state index contributed by atoms with van der Waals surface area (Å²) in [6, 6.07) is 6.30. The fourth-order valence-electron chi connectivity index (χ4n) is 1.60. The van der Waals surface area contributed by atoms with Crippen molar-refractivity contribution < 1.29 is 0 Å². The highest BCUT2D eigenvalue weighted by atomic mass is 32.1. The molecular formula is C11H11NS. The summed E-state index contributed by atoms with van der Waals surface area (Å²) in [6.07, 6.45) is 2.59. The van der Waals surface area contributed by atoms with Gasteiger partial charge in [0.2, 0.25) is 0 Å². The van der Waals surface area contributed by atoms with Gasteiger partial charge in [-0.25, -0.2) is 0 Å². The molecule has 0 heterocycles. The number of para-hydroxylation sites is 1. The van der Waals surface area contributed by atoms with E-state index in [4.69, 9.17) is 0 Å². The van der Waals surface area contributed by atoms with Crippen molar-refractivity contribution in [3.05, 3.63) is 29.3 Å². The van der Waals surface area contributed by atoms with Crippen molar-refractivity contribution in [2.24, 2.45) is 4.99 Å². The van der Waals surface area contributed by atoms with Crippen LogP contribution in [0.5, 0.6) is 0 Å². The van der Waals surface area contributed by atoms with Gasteiger partial charge in [0.1, 0.15) is 0 Å². The van der Waals surface area contributed by atoms with Crippen LogP contribution >= 0.6 is 12.2 Å². The van der Waals surface area contributed by atoms with E-state index in [9.17, 15) is 0 Å². The smallest absolute Gasteiger partial charge is 0.0803 e. The average Bonchev–Trinajstić information content (AvgIpc) is 2.92. The molecule has 0 amide bonds. The Labute approximate surface area is 83.5 Å². The normalized spacial score (nSPS) is 15.2. The second-order valence-electron chi connectivity index (χ2n) is 3.49. The zero-order chi connectivity index (χ0) is 9.26. The summed E-state index contributed by atoms with van der Waals surface area (Å²) in [5, 5.41) is 2.46. The van der Waals surface area contributed by atoms with Crippen molar-refractivity contribution >= 4 is 23.1 Å². The van der Waals surface area contributed by atoms with E-state index in [1.807, 2.05) is 0 Å². The van der Waals surface area contributed by atoms with Gasteiger partial charge in [0.05, 0.1) is 10.8 Å². The Kier molecular flexibility index (Phi) is 2.26. The van der Waals surface area contributed by atoms with Gasteiger partial charge in [-0.2, -0.15) is 4.99 Å². The quantitative estimate of drug-likeness (QED) is 0.511. The van der Waals surface area contributed by atoms with Crippen LogP contribution in [-0.2, 0) is 0 Å². The molecule has 0 aliphatic heterocycles. The van der Waals surface area contributed by atoms with E-state index in [1.54, 1.807) is 0 Å². The van der Waals surface area contributed by atoms with Crippen molar-refractivity contribution in [2.45, 2.75) is 25.7 Å². The Hall–Kier alpha value is -0.980. The molecule has 0 N–H and O–H groups in total. The monoisotopic (exact) mass is 189 g/mol. The van der Waals surface area contributed by atoms with Gasteiger partial charge < -0.3 is 0 Å². The third-order valence-electron chi connectivity index (χ3n) is 2.44. The maximum Gasteiger partial charge on any atom is 0.0803 e. The molecule has 0 saturated heterocycles. The first kappa shape index (κ1) is 8.61. The lowest BCUT2D eigenvalue weighted by Crippen LogP contribution is -1.83. The molecule has 1 aliphatic carbocycles. The van der Waals surface area contributed by atoms with Crippen molar-refractivity contribution in [2.75, 3.05) is 0 Å². The predicted octanol–water partition coefficient (Wildman–Crippen LogP) is 3.61. The molecule has 2 heteroatoms. The second-order valence-corrected chi connectivity index (χ2v) is 3.67. The van der Waals surface area contributed by atoms with Crippen LogP contribution in [0.4, 0.5) is 5.69 Å². The Morgan fingerprint density at radius 1 is 1.46 bits per heavy atom. The van der Waals surface area contributed by atoms with E-state index in [0.717, 1.165) is 11.6 Å². The SMILES string of the molecule is Cc1cccc(C2CC2)c1N=C=S. The predicted molar refractivity (Wildman–Crippen MR) is 57.8 cm³/mol. The summed E-state index contributed by atoms with van der Waals surface area (Å²) in [5.74, 6) is 0.724. The number of isothiocyanates is 1. The van der Waals surface area contributed by atoms with Gasteiger partial charge in [0, 0.05) is 0 Å². The molecule has 13 heavy (non-hydrogen) atoms. The third kappa shape index (κ3) is 1.69. The largest absolute Gasteiger partial charge is 0.194 e. The van der Waals surface area contributed by atoms with Gasteiger partial charge in [-0.15, -0.1) is 0 Å². The van der Waals surface area contributed by atoms with Crippen LogP contribution in [0.2, 0.25) is 0 Å². The molecule has 1 nitrogen and oxygen atoms in total. The molecule has 1 aromatic carbocycles. The van der Waals surface area contributed by atoms with E-state index < -0.39 is 0 Å². The molecule has 0 aromatic heterocycles. The van der Waals surface area contributed by atoms with E-state index >= 15 is 0 Å². The van der Waals surface area contributed by atoms with Gasteiger partial charge >= 0.3 is 0 Å². The van der Waals surface area contributed by atoms with E-state index in [1.165, 1.54) is 24.0 Å². The number of aliphatic imine (C=N–C) groups is 1. The molecule has 2 rings (SSSR count). The van der Waals surface area contributed by atoms with Crippen molar-refractivity contribution in [3.63, 3.8) is 0 Å². The lowest BCUT2D eigenvalue weighted by atomic mass is 10.0. The molecule has 1 fully saturated rings. The number of hydrogen-bond acceptors (Lipinski definition) is 2. The second kappa shape index (κ2) is 3.41. The summed E-state index contributed by atoms with van der Waals surface area (Å²) >= 11 is 4.64. The van der Waals surface area contributed by atoms with Crippen LogP contribution in [0, 0.1) is 6.92 Å². The molecule has 66 valence electrons. The first-order chi connectivity index (χ1) is 6.33. The van der Waals surface area contributed by atoms with Crippen LogP contribution in [0.25, 0.3) is 0 Å². The number of thiocarbonyl (C=S) groups is 1. The van der Waals surface area contributed by atoms with Gasteiger partial charge in [0.15, 0.2) is 0 Å². The molecule has 0 radical (unpaired) electrons. The van der Waals surface area contributed by atoms with Crippen LogP contribution in [-0.4, -0.2) is 5.16 Å². The first-order valence-electron chi connectivity index (χ1n) is 4.50. The van der Waals surface area contributed by atoms with E-state index in [0.29, 0.717) is 0 Å². The Balaban J connectivity index is 2.52. The first-order valence-corrected chi connectivity index (χ1v) is 4.91. The van der Waals surface area contributed by atoms with Gasteiger partial charge in [0.25, 0.3) is 0 Å². The van der Waals surface area contributed by atoms with E-state index in [2.05, 4.69) is 47.5 Å². The van der Waals surface area contributed by atoms with Crippen LogP contribution in [0.1, 0.15) is 29.9 Å². The number of aryl methyl sites for hydroxylation is 1. The van der Waals surface area contributed by atoms with E-state index in [-0.39, 0.29) is 0 Å². The summed E-state index contributed by atoms with van der Waals surface area (Å²) < 4.78 is 0. The Morgan fingerprint density at radius 3 is 2.85 bits per heavy atom. The molecule has 0 atom stereocenters. The zero-order valence-corrected chi connectivity index (χ0v) is 8.40. The molecule has 0 unspecified atom stereocenters. The number of hydrogen-bond donors (Lipinski definition) is 0. The third-order valence-corrected chi connectivity index (χ3v) is 2.53. The van der Waals surface area contributed by atoms with Crippen molar-refractivity contribution in [1.82, 2.24) is 0 Å². The lowest BCUT2D eigenvalue weighted by Gasteiger charge is -2.04. The van der Waals surface area contributed by atoms with Crippen LogP contribution in [0.15, 0.2) is 23.2 Å². The molecular weight excluding hydrogens is 178 g/mol. The maximum absolute atomic E-state index is 4.64. The van der Waals surface area contributed by atoms with Crippen molar-refractivity contribution in [3.8, 4) is 0 Å².